The van der Waals surface area contributed by atoms with Crippen LogP contribution in [0.5, 0.6) is 0 Å². The molecular formula is C42H69Cl3N2O6SSi2. The van der Waals surface area contributed by atoms with E-state index in [1.54, 1.807) is 37.4 Å². The largest absolute Gasteiger partial charge is 0.445 e. The van der Waals surface area contributed by atoms with Gasteiger partial charge in [-0.05, 0) is 80.5 Å². The van der Waals surface area contributed by atoms with Gasteiger partial charge in [-0.3, -0.25) is 0 Å². The smallest absolute Gasteiger partial charge is 0.409 e. The van der Waals surface area contributed by atoms with Crippen molar-refractivity contribution in [3.8, 4) is 6.07 Å². The number of sulfone groups is 1. The highest BCUT2D eigenvalue weighted by atomic mass is 35.6. The number of hydrogen-bond acceptors (Lipinski definition) is 7. The van der Waals surface area contributed by atoms with Gasteiger partial charge in [0.05, 0.1) is 29.2 Å². The summed E-state index contributed by atoms with van der Waals surface area (Å²) >= 11 is 18.0. The third-order valence-corrected chi connectivity index (χ3v) is 24.0. The number of amides is 1. The molecule has 1 aliphatic rings. The quantitative estimate of drug-likeness (QED) is 0.0589. The fourth-order valence-corrected chi connectivity index (χ4v) is 12.1. The third-order valence-electron chi connectivity index (χ3n) is 12.0. The predicted molar refractivity (Wildman–Crippen MR) is 238 cm³/mol. The van der Waals surface area contributed by atoms with Gasteiger partial charge in [-0.15, -0.1) is 0 Å². The number of nitrogens with zero attached hydrogens (tertiary/aromatic N) is 2. The van der Waals surface area contributed by atoms with Gasteiger partial charge in [-0.1, -0.05) is 145 Å². The van der Waals surface area contributed by atoms with E-state index in [0.717, 1.165) is 25.7 Å². The molecule has 1 amide bonds. The summed E-state index contributed by atoms with van der Waals surface area (Å²) in [6.07, 6.45) is 12.1. The molecule has 56 heavy (non-hydrogen) atoms. The molecule has 0 radical (unpaired) electrons. The Morgan fingerprint density at radius 1 is 1.00 bits per heavy atom. The van der Waals surface area contributed by atoms with Crippen molar-refractivity contribution >= 4 is 67.4 Å². The summed E-state index contributed by atoms with van der Waals surface area (Å²) in [5.41, 5.74) is 0. The molecular weight excluding hydrogens is 823 g/mol. The molecule has 0 aliphatic heterocycles. The zero-order chi connectivity index (χ0) is 42.8. The maximum atomic E-state index is 15.7. The number of hydrogen-bond donors (Lipinski definition) is 0. The molecule has 0 heterocycles. The van der Waals surface area contributed by atoms with Crippen molar-refractivity contribution in [2.45, 2.75) is 174 Å². The summed E-state index contributed by atoms with van der Waals surface area (Å²) < 4.78 is 47.7. The van der Waals surface area contributed by atoms with Gasteiger partial charge in [-0.2, -0.15) is 5.26 Å². The van der Waals surface area contributed by atoms with Crippen molar-refractivity contribution in [3.63, 3.8) is 0 Å². The second-order valence-electron chi connectivity index (χ2n) is 18.3. The molecule has 5 atom stereocenters. The summed E-state index contributed by atoms with van der Waals surface area (Å²) in [6.45, 7) is 23.6. The Morgan fingerprint density at radius 2 is 1.61 bits per heavy atom. The van der Waals surface area contributed by atoms with Crippen LogP contribution in [0.4, 0.5) is 4.79 Å². The molecule has 1 saturated carbocycles. The fourth-order valence-electron chi connectivity index (χ4n) is 6.76. The van der Waals surface area contributed by atoms with Crippen LogP contribution in [-0.4, -0.2) is 76.5 Å². The molecule has 0 bridgehead atoms. The van der Waals surface area contributed by atoms with E-state index in [2.05, 4.69) is 86.8 Å². The lowest BCUT2D eigenvalue weighted by Gasteiger charge is -2.43. The zero-order valence-corrected chi connectivity index (χ0v) is 41.0. The first-order valence-corrected chi connectivity index (χ1v) is 28.4. The van der Waals surface area contributed by atoms with Crippen molar-refractivity contribution in [1.29, 1.82) is 5.26 Å². The molecule has 8 nitrogen and oxygen atoms in total. The maximum Gasteiger partial charge on any atom is 0.409 e. The Balaban J connectivity index is 3.06. The molecule has 1 aromatic carbocycles. The van der Waals surface area contributed by atoms with Gasteiger partial charge >= 0.3 is 6.09 Å². The van der Waals surface area contributed by atoms with E-state index in [4.69, 9.17) is 53.7 Å². The minimum absolute atomic E-state index is 0.0389. The standard InChI is InChI=1S/C42H69Cl3N2O6SSi2/c1-13-14-19-24-33(52-55(9,10)39(2,3)4)27-28-35-36(53-56(11,12)40(5,6)7)31-37(47(8)38(48)51-32-42(43,44)45)41(35,29-22-16-15-17-23-30-46)54(49,50)34-25-20-18-21-26-34/h16,18,20-22,25-28,33,35-37H,13-15,17,19,23-24,29,31-32H2,1-12H3/b22-16-,28-27+/t33-,35-,36+,37-,41+/m0/s1. The van der Waals surface area contributed by atoms with E-state index in [1.165, 1.54) is 4.90 Å². The third kappa shape index (κ3) is 13.3. The number of halogens is 3. The van der Waals surface area contributed by atoms with Gasteiger partial charge < -0.3 is 18.5 Å². The first kappa shape index (κ1) is 50.8. The van der Waals surface area contributed by atoms with Crippen LogP contribution in [0.15, 0.2) is 59.5 Å². The number of carbonyl (C=O) groups excluding carboxylic acids is 1. The Labute approximate surface area is 356 Å². The van der Waals surface area contributed by atoms with E-state index in [1.807, 2.05) is 18.2 Å². The van der Waals surface area contributed by atoms with Crippen LogP contribution in [-0.2, 0) is 23.4 Å². The number of allylic oxidation sites excluding steroid dienone is 2. The first-order valence-electron chi connectivity index (χ1n) is 20.0. The van der Waals surface area contributed by atoms with Crippen LogP contribution in [0.1, 0.15) is 106 Å². The maximum absolute atomic E-state index is 15.7. The lowest BCUT2D eigenvalue weighted by molar-refractivity contribution is 0.0910. The lowest BCUT2D eigenvalue weighted by Crippen LogP contribution is -2.57. The van der Waals surface area contributed by atoms with Crippen LogP contribution in [0.25, 0.3) is 0 Å². The molecule has 0 saturated heterocycles. The van der Waals surface area contributed by atoms with E-state index in [9.17, 15) is 4.79 Å². The molecule has 2 rings (SSSR count). The molecule has 0 N–H and O–H groups in total. The van der Waals surface area contributed by atoms with Crippen LogP contribution in [0, 0.1) is 17.2 Å². The van der Waals surface area contributed by atoms with Gasteiger partial charge in [0.25, 0.3) is 0 Å². The first-order chi connectivity index (χ1) is 25.7. The summed E-state index contributed by atoms with van der Waals surface area (Å²) in [6, 6.07) is 9.71. The summed E-state index contributed by atoms with van der Waals surface area (Å²) in [5, 5.41) is 8.93. The summed E-state index contributed by atoms with van der Waals surface area (Å²) in [5.74, 6) is -0.712. The summed E-state index contributed by atoms with van der Waals surface area (Å²) in [7, 11) is -7.47. The second-order valence-corrected chi connectivity index (χ2v) is 32.5. The monoisotopic (exact) mass is 890 g/mol. The van der Waals surface area contributed by atoms with Crippen molar-refractivity contribution in [2.75, 3.05) is 13.7 Å². The second kappa shape index (κ2) is 20.7. The van der Waals surface area contributed by atoms with Gasteiger partial charge in [0.1, 0.15) is 11.4 Å². The fraction of sp³-hybridized carbons (Fsp3) is 0.714. The van der Waals surface area contributed by atoms with Crippen molar-refractivity contribution in [3.05, 3.63) is 54.6 Å². The van der Waals surface area contributed by atoms with Gasteiger partial charge in [0, 0.05) is 19.4 Å². The Kier molecular flexibility index (Phi) is 18.8. The van der Waals surface area contributed by atoms with E-state index < -0.39 is 65.8 Å². The SMILES string of the molecule is CCCCC[C@@H](/C=C/[C@H]1[C@H](O[Si](C)(C)C(C)(C)C)C[C@H](N(C)C(=O)OCC(Cl)(Cl)Cl)[C@]1(C/C=C\CCCC#N)S(=O)(=O)c1ccccc1)O[Si](C)(C)C(C)(C)C. The number of carbonyl (C=O) groups is 1. The van der Waals surface area contributed by atoms with Crippen LogP contribution in [0.2, 0.25) is 36.3 Å². The lowest BCUT2D eigenvalue weighted by atomic mass is 9.86. The molecule has 1 aromatic rings. The number of alkyl halides is 3. The van der Waals surface area contributed by atoms with Gasteiger partial charge in [-0.25, -0.2) is 13.2 Å². The number of nitriles is 1. The molecule has 14 heteroatoms. The Bertz CT molecular complexity index is 1620. The zero-order valence-electron chi connectivity index (χ0n) is 36.0. The van der Waals surface area contributed by atoms with Crippen LogP contribution < -0.4 is 0 Å². The van der Waals surface area contributed by atoms with Crippen molar-refractivity contribution in [2.24, 2.45) is 5.92 Å². The number of benzene rings is 1. The predicted octanol–water partition coefficient (Wildman–Crippen LogP) is 12.6. The molecule has 0 unspecified atom stereocenters. The summed E-state index contributed by atoms with van der Waals surface area (Å²) in [4.78, 5) is 15.4. The highest BCUT2D eigenvalue weighted by Crippen LogP contribution is 2.53. The van der Waals surface area contributed by atoms with Crippen molar-refractivity contribution < 1.29 is 26.8 Å². The molecule has 1 fully saturated rings. The topological polar surface area (TPSA) is 106 Å². The van der Waals surface area contributed by atoms with E-state index >= 15 is 8.42 Å². The number of rotatable bonds is 19. The average Bonchev–Trinajstić information content (AvgIpc) is 3.39. The van der Waals surface area contributed by atoms with Crippen LogP contribution >= 0.6 is 34.8 Å². The van der Waals surface area contributed by atoms with Gasteiger partial charge in [0.15, 0.2) is 26.5 Å². The molecule has 318 valence electrons. The average molecular weight is 893 g/mol. The van der Waals surface area contributed by atoms with E-state index in [-0.39, 0.29) is 33.9 Å². The highest BCUT2D eigenvalue weighted by molar-refractivity contribution is 7.93. The molecule has 1 aliphatic carbocycles. The normalized spacial score (nSPS) is 22.1. The Morgan fingerprint density at radius 3 is 2.14 bits per heavy atom. The molecule has 0 aromatic heterocycles. The highest BCUT2D eigenvalue weighted by Gasteiger charge is 2.65. The van der Waals surface area contributed by atoms with Crippen LogP contribution in [0.3, 0.4) is 0 Å². The molecule has 0 spiro atoms. The minimum Gasteiger partial charge on any atom is -0.445 e. The van der Waals surface area contributed by atoms with Gasteiger partial charge in [0.2, 0.25) is 3.79 Å². The number of ether oxygens (including phenoxy) is 1. The van der Waals surface area contributed by atoms with E-state index in [0.29, 0.717) is 19.3 Å². The number of unbranched alkanes of at least 4 members (excludes halogenated alkanes) is 4. The van der Waals surface area contributed by atoms with Crippen molar-refractivity contribution in [1.82, 2.24) is 4.90 Å². The Hall–Kier alpha value is -1.37. The minimum atomic E-state index is -4.25.